The first-order chi connectivity index (χ1) is 12.9. The lowest BCUT2D eigenvalue weighted by Crippen LogP contribution is -2.47. The molecule has 1 aliphatic heterocycles. The second-order valence-electron chi connectivity index (χ2n) is 5.56. The molecule has 2 amide bonds. The number of benzene rings is 2. The van der Waals surface area contributed by atoms with Crippen molar-refractivity contribution in [2.45, 2.75) is 0 Å². The fourth-order valence-electron chi connectivity index (χ4n) is 2.36. The molecule has 0 fully saturated rings. The van der Waals surface area contributed by atoms with E-state index < -0.39 is 30.7 Å². The highest BCUT2D eigenvalue weighted by atomic mass is 79.9. The van der Waals surface area contributed by atoms with Crippen LogP contribution in [0.2, 0.25) is 0 Å². The largest absolute Gasteiger partial charge is 0.617 e. The van der Waals surface area contributed by atoms with Crippen molar-refractivity contribution < 1.29 is 28.1 Å². The number of nitrogens with one attached hydrogen (secondary N) is 2. The normalized spacial score (nSPS) is 12.5. The van der Waals surface area contributed by atoms with Gasteiger partial charge in [0.05, 0.1) is 24.1 Å². The van der Waals surface area contributed by atoms with Crippen LogP contribution in [0.3, 0.4) is 0 Å². The highest BCUT2D eigenvalue weighted by Gasteiger charge is 2.33. The number of halogens is 2. The van der Waals surface area contributed by atoms with Crippen molar-refractivity contribution in [3.8, 4) is 5.75 Å². The number of rotatable bonds is 5. The number of fused-ring (bicyclic) bond motifs is 1. The molecule has 2 N–H and O–H groups in total. The molecule has 3 rings (SSSR count). The van der Waals surface area contributed by atoms with Crippen LogP contribution in [0.4, 0.5) is 4.39 Å². The number of carbonyl (C=O) groups excluding carboxylic acids is 3. The molecule has 0 aromatic heterocycles. The third-order valence-electron chi connectivity index (χ3n) is 3.65. The molecule has 0 saturated heterocycles. The summed E-state index contributed by atoms with van der Waals surface area (Å²) in [6, 6.07) is 10.3. The van der Waals surface area contributed by atoms with Crippen molar-refractivity contribution in [1.82, 2.24) is 10.6 Å². The summed E-state index contributed by atoms with van der Waals surface area (Å²) in [5.41, 5.74) is 0.386. The zero-order chi connectivity index (χ0) is 19.4. The van der Waals surface area contributed by atoms with Crippen LogP contribution in [0.15, 0.2) is 46.9 Å². The number of hydrogen-bond donors (Lipinski definition) is 2. The highest BCUT2D eigenvalue weighted by Crippen LogP contribution is 2.23. The number of para-hydroxylation sites is 1. The van der Waals surface area contributed by atoms with E-state index >= 15 is 0 Å². The predicted octanol–water partition coefficient (Wildman–Crippen LogP) is 1.71. The van der Waals surface area contributed by atoms with Gasteiger partial charge in [-0.05, 0) is 46.3 Å². The van der Waals surface area contributed by atoms with Crippen molar-refractivity contribution in [2.75, 3.05) is 13.0 Å². The lowest BCUT2D eigenvalue weighted by molar-refractivity contribution is -0.119. The molecule has 0 bridgehead atoms. The van der Waals surface area contributed by atoms with Crippen LogP contribution in [0.5, 0.6) is 5.75 Å². The summed E-state index contributed by atoms with van der Waals surface area (Å²) in [7, 11) is -0.968. The third kappa shape index (κ3) is 4.65. The van der Waals surface area contributed by atoms with Gasteiger partial charge in [-0.1, -0.05) is 12.1 Å². The van der Waals surface area contributed by atoms with Crippen molar-refractivity contribution >= 4 is 40.8 Å². The van der Waals surface area contributed by atoms with E-state index in [0.29, 0.717) is 15.8 Å². The molecule has 0 atom stereocenters. The summed E-state index contributed by atoms with van der Waals surface area (Å²) >= 11 is 3.15. The van der Waals surface area contributed by atoms with E-state index in [9.17, 15) is 18.8 Å². The van der Waals surface area contributed by atoms with Crippen molar-refractivity contribution in [3.05, 3.63) is 63.9 Å². The van der Waals surface area contributed by atoms with E-state index in [4.69, 9.17) is 9.31 Å². The lowest BCUT2D eigenvalue weighted by Gasteiger charge is -2.22. The Hall–Kier alpha value is -2.88. The van der Waals surface area contributed by atoms with E-state index in [1.54, 1.807) is 24.3 Å². The summed E-state index contributed by atoms with van der Waals surface area (Å²) in [4.78, 5) is 35.8. The highest BCUT2D eigenvalue weighted by molar-refractivity contribution is 9.10. The molecule has 2 aromatic carbocycles. The molecule has 138 valence electrons. The Bertz CT molecular complexity index is 911. The second-order valence-corrected chi connectivity index (χ2v) is 6.41. The molecular formula is C17H13BBrFN2O5. The average molecular weight is 435 g/mol. The molecular weight excluding hydrogens is 422 g/mol. The zero-order valence-corrected chi connectivity index (χ0v) is 15.4. The lowest BCUT2D eigenvalue weighted by atomic mass is 9.88. The smallest absolute Gasteiger partial charge is 0.524 e. The molecule has 0 spiro atoms. The predicted molar refractivity (Wildman–Crippen MR) is 97.7 cm³/mol. The van der Waals surface area contributed by atoms with Crippen LogP contribution in [0.25, 0.3) is 0 Å². The Kier molecular flexibility index (Phi) is 5.75. The SMILES string of the molecule is O=C(CNC(=O)c1cc(F)ccc1Br)NCB1OC(=O)c2ccccc2O1. The first-order valence-electron chi connectivity index (χ1n) is 7.90. The molecule has 1 aliphatic rings. The zero-order valence-electron chi connectivity index (χ0n) is 13.8. The van der Waals surface area contributed by atoms with Gasteiger partial charge in [0.2, 0.25) is 5.91 Å². The molecule has 10 heteroatoms. The van der Waals surface area contributed by atoms with Crippen molar-refractivity contribution in [3.63, 3.8) is 0 Å². The number of hydrogen-bond acceptors (Lipinski definition) is 5. The van der Waals surface area contributed by atoms with E-state index in [1.165, 1.54) is 12.1 Å². The van der Waals surface area contributed by atoms with Crippen LogP contribution in [0.1, 0.15) is 20.7 Å². The Morgan fingerprint density at radius 3 is 2.70 bits per heavy atom. The molecule has 0 aliphatic carbocycles. The first kappa shape index (κ1) is 18.9. The quantitative estimate of drug-likeness (QED) is 0.698. The van der Waals surface area contributed by atoms with Gasteiger partial charge in [-0.2, -0.15) is 0 Å². The fourth-order valence-corrected chi connectivity index (χ4v) is 2.78. The average Bonchev–Trinajstić information content (AvgIpc) is 2.66. The van der Waals surface area contributed by atoms with E-state index in [2.05, 4.69) is 26.6 Å². The molecule has 1 heterocycles. The Balaban J connectivity index is 1.48. The summed E-state index contributed by atoms with van der Waals surface area (Å²) in [5.74, 6) is -1.86. The van der Waals surface area contributed by atoms with Gasteiger partial charge < -0.3 is 19.9 Å². The second kappa shape index (κ2) is 8.21. The maximum absolute atomic E-state index is 13.2. The summed E-state index contributed by atoms with van der Waals surface area (Å²) in [5, 5.41) is 4.88. The first-order valence-corrected chi connectivity index (χ1v) is 8.70. The van der Waals surface area contributed by atoms with Crippen LogP contribution in [-0.4, -0.2) is 37.9 Å². The van der Waals surface area contributed by atoms with Crippen LogP contribution < -0.4 is 15.3 Å². The van der Waals surface area contributed by atoms with Crippen molar-refractivity contribution in [1.29, 1.82) is 0 Å². The van der Waals surface area contributed by atoms with Crippen LogP contribution in [-0.2, 0) is 9.45 Å². The third-order valence-corrected chi connectivity index (χ3v) is 4.34. The Morgan fingerprint density at radius 2 is 1.89 bits per heavy atom. The molecule has 2 aromatic rings. The molecule has 7 nitrogen and oxygen atoms in total. The summed E-state index contributed by atoms with van der Waals surface area (Å²) in [6.45, 7) is -0.334. The van der Waals surface area contributed by atoms with Gasteiger partial charge in [-0.25, -0.2) is 9.18 Å². The van der Waals surface area contributed by atoms with E-state index in [0.717, 1.165) is 6.07 Å². The fraction of sp³-hybridized carbons (Fsp3) is 0.118. The Labute approximate surface area is 162 Å². The minimum Gasteiger partial charge on any atom is -0.524 e. The number of carbonyl (C=O) groups is 3. The minimum atomic E-state index is -0.968. The molecule has 0 radical (unpaired) electrons. The van der Waals surface area contributed by atoms with Gasteiger partial charge in [-0.15, -0.1) is 0 Å². The van der Waals surface area contributed by atoms with Gasteiger partial charge in [0.25, 0.3) is 5.91 Å². The summed E-state index contributed by atoms with van der Waals surface area (Å²) < 4.78 is 24.2. The van der Waals surface area contributed by atoms with Crippen molar-refractivity contribution in [2.24, 2.45) is 0 Å². The van der Waals surface area contributed by atoms with Gasteiger partial charge >= 0.3 is 13.1 Å². The topological polar surface area (TPSA) is 93.7 Å². The van der Waals surface area contributed by atoms with Crippen LogP contribution >= 0.6 is 15.9 Å². The summed E-state index contributed by atoms with van der Waals surface area (Å²) in [6.07, 6.45) is -0.0849. The molecule has 27 heavy (non-hydrogen) atoms. The Morgan fingerprint density at radius 1 is 1.11 bits per heavy atom. The van der Waals surface area contributed by atoms with E-state index in [1.807, 2.05) is 0 Å². The number of amides is 2. The maximum atomic E-state index is 13.2. The maximum Gasteiger partial charge on any atom is 0.617 e. The van der Waals surface area contributed by atoms with Gasteiger partial charge in [-0.3, -0.25) is 9.59 Å². The van der Waals surface area contributed by atoms with E-state index in [-0.39, 0.29) is 18.6 Å². The molecule has 0 unspecified atom stereocenters. The van der Waals surface area contributed by atoms with Gasteiger partial charge in [0.1, 0.15) is 11.6 Å². The van der Waals surface area contributed by atoms with Gasteiger partial charge in [0, 0.05) is 4.47 Å². The standard InChI is InChI=1S/C17H13BBrFN2O5/c19-13-6-5-10(20)7-12(13)16(24)21-8-15(23)22-9-18-26-14-4-2-1-3-11(14)17(25)27-18/h1-7H,8-9H2,(H,21,24)(H,22,23). The van der Waals surface area contributed by atoms with Crippen LogP contribution in [0, 0.1) is 5.82 Å². The molecule has 0 saturated carbocycles. The monoisotopic (exact) mass is 434 g/mol. The van der Waals surface area contributed by atoms with Gasteiger partial charge in [0.15, 0.2) is 0 Å². The minimum absolute atomic E-state index is 0.0731.